The van der Waals surface area contributed by atoms with Crippen LogP contribution in [0.3, 0.4) is 0 Å². The van der Waals surface area contributed by atoms with Crippen LogP contribution in [0.4, 0.5) is 11.4 Å². The molecular formula is C15H12N2O6. The van der Waals surface area contributed by atoms with E-state index in [1.165, 1.54) is 6.07 Å². The lowest BCUT2D eigenvalue weighted by atomic mass is 10.1. The summed E-state index contributed by atoms with van der Waals surface area (Å²) in [7, 11) is 0. The summed E-state index contributed by atoms with van der Waals surface area (Å²) in [5.74, 6) is -0.135. The average molecular weight is 316 g/mol. The van der Waals surface area contributed by atoms with E-state index in [4.69, 9.17) is 14.6 Å². The van der Waals surface area contributed by atoms with E-state index in [2.05, 4.69) is 5.32 Å². The van der Waals surface area contributed by atoms with Gasteiger partial charge >= 0.3 is 0 Å². The highest BCUT2D eigenvalue weighted by Crippen LogP contribution is 2.41. The fraction of sp³-hybridized carbons (Fsp3) is 0.133. The molecule has 0 fully saturated rings. The first-order chi connectivity index (χ1) is 11.1. The number of hydrogen-bond acceptors (Lipinski definition) is 6. The number of rotatable bonds is 4. The number of nitrogens with one attached hydrogen (secondary N) is 1. The molecule has 0 bridgehead atoms. The van der Waals surface area contributed by atoms with Gasteiger partial charge < -0.3 is 19.9 Å². The molecule has 1 aliphatic rings. The second-order valence-corrected chi connectivity index (χ2v) is 4.70. The summed E-state index contributed by atoms with van der Waals surface area (Å²) in [6.07, 6.45) is 0. The van der Waals surface area contributed by atoms with Gasteiger partial charge in [-0.15, -0.1) is 0 Å². The van der Waals surface area contributed by atoms with Gasteiger partial charge in [-0.3, -0.25) is 14.9 Å². The lowest BCUT2D eigenvalue weighted by Crippen LogP contribution is -2.14. The third-order valence-electron chi connectivity index (χ3n) is 3.19. The molecule has 0 aromatic heterocycles. The number of aliphatic hydroxyl groups is 1. The maximum absolute atomic E-state index is 12.4. The maximum atomic E-state index is 12.4. The lowest BCUT2D eigenvalue weighted by molar-refractivity contribution is -0.385. The Balaban J connectivity index is 2.16. The molecule has 23 heavy (non-hydrogen) atoms. The van der Waals surface area contributed by atoms with Gasteiger partial charge in [0, 0.05) is 0 Å². The van der Waals surface area contributed by atoms with Crippen molar-refractivity contribution in [3.05, 3.63) is 52.1 Å². The number of carbonyl (C=O) groups excluding carboxylic acids is 1. The number of anilines is 1. The third-order valence-corrected chi connectivity index (χ3v) is 3.19. The van der Waals surface area contributed by atoms with Gasteiger partial charge in [0.15, 0.2) is 11.5 Å². The zero-order valence-corrected chi connectivity index (χ0v) is 11.8. The summed E-state index contributed by atoms with van der Waals surface area (Å²) < 4.78 is 10.9. The molecule has 2 aromatic rings. The van der Waals surface area contributed by atoms with E-state index < -0.39 is 10.8 Å². The number of nitrogens with zero attached hydrogens (tertiary/aromatic N) is 1. The van der Waals surface area contributed by atoms with Gasteiger partial charge in [0.2, 0.25) is 0 Å². The maximum Gasteiger partial charge on any atom is 0.276 e. The van der Waals surface area contributed by atoms with Crippen LogP contribution >= 0.6 is 0 Å². The molecule has 0 spiro atoms. The quantitative estimate of drug-likeness (QED) is 0.661. The van der Waals surface area contributed by atoms with E-state index >= 15 is 0 Å². The Morgan fingerprint density at radius 2 is 2.04 bits per heavy atom. The minimum absolute atomic E-state index is 0.0199. The van der Waals surface area contributed by atoms with Gasteiger partial charge in [0.05, 0.1) is 29.4 Å². The van der Waals surface area contributed by atoms with Gasteiger partial charge in [-0.2, -0.15) is 0 Å². The van der Waals surface area contributed by atoms with E-state index in [1.807, 2.05) is 0 Å². The van der Waals surface area contributed by atoms with Crippen molar-refractivity contribution >= 4 is 17.3 Å². The van der Waals surface area contributed by atoms with Gasteiger partial charge in [0.1, 0.15) is 17.9 Å². The minimum atomic E-state index is -0.607. The Kier molecular flexibility index (Phi) is 3.82. The largest absolute Gasteiger partial charge is 0.490 e. The summed E-state index contributed by atoms with van der Waals surface area (Å²) in [5.41, 5.74) is 0.216. The summed E-state index contributed by atoms with van der Waals surface area (Å²) in [6, 6.07) is 9.04. The van der Waals surface area contributed by atoms with Crippen LogP contribution in [0.1, 0.15) is 10.4 Å². The number of nitro groups is 1. The Morgan fingerprint density at radius 1 is 1.26 bits per heavy atom. The van der Waals surface area contributed by atoms with E-state index in [0.717, 1.165) is 6.07 Å². The second kappa shape index (κ2) is 5.93. The number of nitro benzene ring substituents is 1. The molecule has 1 aliphatic heterocycles. The van der Waals surface area contributed by atoms with Crippen LogP contribution in [-0.2, 0) is 0 Å². The molecule has 2 aromatic carbocycles. The standard InChI is InChI=1S/C15H12N2O6/c18-5-6-22-12-7-9(17(20)21)8-13-14(12)15(19)16-10-3-1-2-4-11(10)23-13/h1-4,7-8,18H,5-6H2,(H,16,19). The van der Waals surface area contributed by atoms with Crippen LogP contribution in [0.2, 0.25) is 0 Å². The molecule has 8 nitrogen and oxygen atoms in total. The number of non-ortho nitro benzene ring substituents is 1. The van der Waals surface area contributed by atoms with Crippen LogP contribution in [0, 0.1) is 10.1 Å². The molecule has 0 saturated carbocycles. The fourth-order valence-corrected chi connectivity index (χ4v) is 2.22. The van der Waals surface area contributed by atoms with E-state index in [-0.39, 0.29) is 36.0 Å². The monoisotopic (exact) mass is 316 g/mol. The summed E-state index contributed by atoms with van der Waals surface area (Å²) in [5, 5.41) is 22.6. The van der Waals surface area contributed by atoms with Crippen molar-refractivity contribution in [2.45, 2.75) is 0 Å². The molecule has 0 radical (unpaired) electrons. The van der Waals surface area contributed by atoms with Crippen molar-refractivity contribution in [1.29, 1.82) is 0 Å². The number of fused-ring (bicyclic) bond motifs is 2. The van der Waals surface area contributed by atoms with Crippen LogP contribution in [0.15, 0.2) is 36.4 Å². The highest BCUT2D eigenvalue weighted by molar-refractivity contribution is 6.10. The normalized spacial score (nSPS) is 12.3. The average Bonchev–Trinajstić information content (AvgIpc) is 2.68. The Morgan fingerprint density at radius 3 is 2.78 bits per heavy atom. The molecule has 0 atom stereocenters. The first-order valence-electron chi connectivity index (χ1n) is 6.74. The van der Waals surface area contributed by atoms with Crippen LogP contribution in [-0.4, -0.2) is 29.2 Å². The lowest BCUT2D eigenvalue weighted by Gasteiger charge is -2.12. The van der Waals surface area contributed by atoms with Crippen molar-refractivity contribution in [3.8, 4) is 17.2 Å². The van der Waals surface area contributed by atoms with Crippen molar-refractivity contribution in [1.82, 2.24) is 0 Å². The van der Waals surface area contributed by atoms with Crippen LogP contribution in [0.25, 0.3) is 0 Å². The Hall–Kier alpha value is -3.13. The second-order valence-electron chi connectivity index (χ2n) is 4.70. The molecule has 3 rings (SSSR count). The molecule has 0 aliphatic carbocycles. The van der Waals surface area contributed by atoms with Crippen molar-refractivity contribution < 1.29 is 24.3 Å². The predicted molar refractivity (Wildman–Crippen MR) is 80.1 cm³/mol. The summed E-state index contributed by atoms with van der Waals surface area (Å²) in [4.78, 5) is 22.9. The molecular weight excluding hydrogens is 304 g/mol. The molecule has 1 heterocycles. The number of ether oxygens (including phenoxy) is 2. The first kappa shape index (κ1) is 14.8. The number of benzene rings is 2. The predicted octanol–water partition coefficient (Wildman–Crippen LogP) is 2.32. The van der Waals surface area contributed by atoms with Gasteiger partial charge in [-0.1, -0.05) is 12.1 Å². The fourth-order valence-electron chi connectivity index (χ4n) is 2.22. The van der Waals surface area contributed by atoms with Gasteiger partial charge in [0.25, 0.3) is 11.6 Å². The van der Waals surface area contributed by atoms with E-state index in [9.17, 15) is 14.9 Å². The summed E-state index contributed by atoms with van der Waals surface area (Å²) in [6.45, 7) is -0.395. The molecule has 118 valence electrons. The van der Waals surface area contributed by atoms with Crippen LogP contribution in [0.5, 0.6) is 17.2 Å². The number of hydrogen-bond donors (Lipinski definition) is 2. The topological polar surface area (TPSA) is 111 Å². The van der Waals surface area contributed by atoms with Crippen LogP contribution < -0.4 is 14.8 Å². The number of para-hydroxylation sites is 2. The van der Waals surface area contributed by atoms with Crippen molar-refractivity contribution in [2.24, 2.45) is 0 Å². The first-order valence-corrected chi connectivity index (χ1v) is 6.74. The molecule has 0 saturated heterocycles. The SMILES string of the molecule is O=C1Nc2ccccc2Oc2cc([N+](=O)[O-])cc(OCCO)c21. The van der Waals surface area contributed by atoms with Gasteiger partial charge in [-0.05, 0) is 12.1 Å². The highest BCUT2D eigenvalue weighted by atomic mass is 16.6. The number of amides is 1. The Bertz CT molecular complexity index is 790. The number of carbonyl (C=O) groups is 1. The highest BCUT2D eigenvalue weighted by Gasteiger charge is 2.28. The Labute approximate surface area is 130 Å². The van der Waals surface area contributed by atoms with E-state index in [1.54, 1.807) is 24.3 Å². The molecule has 1 amide bonds. The number of aliphatic hydroxyl groups excluding tert-OH is 1. The zero-order valence-electron chi connectivity index (χ0n) is 11.8. The molecule has 2 N–H and O–H groups in total. The van der Waals surface area contributed by atoms with Crippen molar-refractivity contribution in [2.75, 3.05) is 18.5 Å². The zero-order chi connectivity index (χ0) is 16.4. The minimum Gasteiger partial charge on any atom is -0.490 e. The van der Waals surface area contributed by atoms with Crippen molar-refractivity contribution in [3.63, 3.8) is 0 Å². The van der Waals surface area contributed by atoms with Gasteiger partial charge in [-0.25, -0.2) is 0 Å². The third kappa shape index (κ3) is 2.79. The van der Waals surface area contributed by atoms with E-state index in [0.29, 0.717) is 11.4 Å². The smallest absolute Gasteiger partial charge is 0.276 e. The molecule has 0 unspecified atom stereocenters. The molecule has 8 heteroatoms. The summed E-state index contributed by atoms with van der Waals surface area (Å²) >= 11 is 0.